The van der Waals surface area contributed by atoms with Crippen LogP contribution in [0, 0.1) is 0 Å². The second-order valence-corrected chi connectivity index (χ2v) is 8.91. The van der Waals surface area contributed by atoms with Crippen molar-refractivity contribution in [2.45, 2.75) is 45.2 Å². The van der Waals surface area contributed by atoms with Crippen LogP contribution in [0.25, 0.3) is 0 Å². The van der Waals surface area contributed by atoms with Crippen LogP contribution < -0.4 is 10.9 Å². The first-order valence-electron chi connectivity index (χ1n) is 10.5. The zero-order valence-corrected chi connectivity index (χ0v) is 19.4. The highest BCUT2D eigenvalue weighted by Gasteiger charge is 2.24. The van der Waals surface area contributed by atoms with E-state index in [9.17, 15) is 18.0 Å². The molecule has 0 bridgehead atoms. The van der Waals surface area contributed by atoms with Crippen LogP contribution in [-0.2, 0) is 21.4 Å². The highest BCUT2D eigenvalue weighted by molar-refractivity contribution is 7.89. The van der Waals surface area contributed by atoms with Crippen LogP contribution in [0.3, 0.4) is 0 Å². The first-order valence-corrected chi connectivity index (χ1v) is 12.0. The summed E-state index contributed by atoms with van der Waals surface area (Å²) >= 11 is 0. The normalized spacial score (nSPS) is 13.0. The smallest absolute Gasteiger partial charge is 0.251 e. The SMILES string of the molecule is CCN(CC)C(CNC(=O)Cn1cc(S(=O)(=O)N(CC)CC)ccc1=O)c1ccco1. The number of amides is 1. The Morgan fingerprint density at radius 3 is 2.32 bits per heavy atom. The number of pyridine rings is 1. The van der Waals surface area contributed by atoms with Crippen molar-refractivity contribution in [2.24, 2.45) is 0 Å². The molecule has 0 aliphatic rings. The Labute approximate surface area is 183 Å². The maximum atomic E-state index is 12.7. The van der Waals surface area contributed by atoms with Crippen molar-refractivity contribution >= 4 is 15.9 Å². The van der Waals surface area contributed by atoms with Gasteiger partial charge in [-0.05, 0) is 31.3 Å². The molecule has 9 nitrogen and oxygen atoms in total. The highest BCUT2D eigenvalue weighted by Crippen LogP contribution is 2.20. The number of nitrogens with zero attached hydrogens (tertiary/aromatic N) is 3. The van der Waals surface area contributed by atoms with Gasteiger partial charge in [0.1, 0.15) is 12.3 Å². The van der Waals surface area contributed by atoms with Crippen molar-refractivity contribution < 1.29 is 17.6 Å². The van der Waals surface area contributed by atoms with Crippen LogP contribution in [0.2, 0.25) is 0 Å². The van der Waals surface area contributed by atoms with E-state index in [4.69, 9.17) is 4.42 Å². The first-order chi connectivity index (χ1) is 14.8. The van der Waals surface area contributed by atoms with E-state index < -0.39 is 15.6 Å². The van der Waals surface area contributed by atoms with E-state index in [1.54, 1.807) is 26.2 Å². The number of furan rings is 1. The Bertz CT molecular complexity index is 993. The monoisotopic (exact) mass is 452 g/mol. The minimum absolute atomic E-state index is 0.0137. The van der Waals surface area contributed by atoms with E-state index >= 15 is 0 Å². The summed E-state index contributed by atoms with van der Waals surface area (Å²) in [4.78, 5) is 26.9. The number of aromatic nitrogens is 1. The lowest BCUT2D eigenvalue weighted by Gasteiger charge is -2.28. The zero-order valence-electron chi connectivity index (χ0n) is 18.6. The molecule has 0 aliphatic carbocycles. The minimum Gasteiger partial charge on any atom is -0.468 e. The Morgan fingerprint density at radius 1 is 1.10 bits per heavy atom. The standard InChI is InChI=1S/C21H32N4O5S/c1-5-23(6-2)18(19-10-9-13-30-19)14-22-20(26)16-24-15-17(11-12-21(24)27)31(28,29)25(7-3)8-4/h9-13,15,18H,5-8,14,16H2,1-4H3,(H,22,26). The predicted octanol–water partition coefficient (Wildman–Crippen LogP) is 1.67. The Kier molecular flexibility index (Phi) is 9.02. The summed E-state index contributed by atoms with van der Waals surface area (Å²) in [5.41, 5.74) is -0.444. The lowest BCUT2D eigenvalue weighted by atomic mass is 10.2. The van der Waals surface area contributed by atoms with E-state index in [0.717, 1.165) is 23.4 Å². The van der Waals surface area contributed by atoms with Crippen LogP contribution >= 0.6 is 0 Å². The summed E-state index contributed by atoms with van der Waals surface area (Å²) in [6, 6.07) is 5.97. The van der Waals surface area contributed by atoms with Gasteiger partial charge in [-0.2, -0.15) is 4.31 Å². The van der Waals surface area contributed by atoms with Gasteiger partial charge in [0.15, 0.2) is 0 Å². The second kappa shape index (κ2) is 11.3. The molecule has 0 aliphatic heterocycles. The number of hydrogen-bond donors (Lipinski definition) is 1. The summed E-state index contributed by atoms with van der Waals surface area (Å²) in [6.45, 7) is 9.78. The second-order valence-electron chi connectivity index (χ2n) is 6.98. The van der Waals surface area contributed by atoms with E-state index in [1.807, 2.05) is 19.9 Å². The van der Waals surface area contributed by atoms with Gasteiger partial charge < -0.3 is 14.3 Å². The van der Waals surface area contributed by atoms with Gasteiger partial charge in [0.2, 0.25) is 15.9 Å². The largest absolute Gasteiger partial charge is 0.468 e. The molecule has 0 spiro atoms. The lowest BCUT2D eigenvalue weighted by molar-refractivity contribution is -0.122. The van der Waals surface area contributed by atoms with Gasteiger partial charge in [-0.15, -0.1) is 0 Å². The number of likely N-dealkylation sites (N-methyl/N-ethyl adjacent to an activating group) is 1. The molecule has 2 heterocycles. The Morgan fingerprint density at radius 2 is 1.77 bits per heavy atom. The molecule has 0 aromatic carbocycles. The van der Waals surface area contributed by atoms with Gasteiger partial charge in [-0.1, -0.05) is 27.7 Å². The summed E-state index contributed by atoms with van der Waals surface area (Å²) in [5, 5.41) is 2.84. The topological polar surface area (TPSA) is 105 Å². The number of carbonyl (C=O) groups is 1. The van der Waals surface area contributed by atoms with Crippen LogP contribution in [-0.4, -0.2) is 60.8 Å². The molecule has 1 N–H and O–H groups in total. The van der Waals surface area contributed by atoms with Gasteiger partial charge in [-0.3, -0.25) is 14.5 Å². The molecule has 1 amide bonds. The maximum Gasteiger partial charge on any atom is 0.251 e. The fraction of sp³-hybridized carbons (Fsp3) is 0.524. The molecule has 1 atom stereocenters. The third kappa shape index (κ3) is 6.05. The molecule has 172 valence electrons. The van der Waals surface area contributed by atoms with Gasteiger partial charge in [0.25, 0.3) is 5.56 Å². The van der Waals surface area contributed by atoms with Gasteiger partial charge in [0, 0.05) is 31.9 Å². The Hall–Kier alpha value is -2.43. The summed E-state index contributed by atoms with van der Waals surface area (Å²) in [6.07, 6.45) is 2.82. The van der Waals surface area contributed by atoms with Crippen LogP contribution in [0.4, 0.5) is 0 Å². The molecule has 10 heteroatoms. The van der Waals surface area contributed by atoms with Crippen LogP contribution in [0.5, 0.6) is 0 Å². The molecule has 2 aromatic heterocycles. The fourth-order valence-corrected chi connectivity index (χ4v) is 4.95. The van der Waals surface area contributed by atoms with Crippen molar-refractivity contribution in [1.29, 1.82) is 0 Å². The average Bonchev–Trinajstić information content (AvgIpc) is 3.27. The lowest BCUT2D eigenvalue weighted by Crippen LogP contribution is -2.40. The zero-order chi connectivity index (χ0) is 23.0. The average molecular weight is 453 g/mol. The number of hydrogen-bond acceptors (Lipinski definition) is 6. The molecule has 0 saturated heterocycles. The number of nitrogens with one attached hydrogen (secondary N) is 1. The number of carbonyl (C=O) groups excluding carboxylic acids is 1. The first kappa shape index (κ1) is 24.8. The fourth-order valence-electron chi connectivity index (χ4n) is 3.47. The number of sulfonamides is 1. The third-order valence-corrected chi connectivity index (χ3v) is 7.26. The van der Waals surface area contributed by atoms with Gasteiger partial charge in [0.05, 0.1) is 17.2 Å². The van der Waals surface area contributed by atoms with E-state index in [0.29, 0.717) is 19.6 Å². The summed E-state index contributed by atoms with van der Waals surface area (Å²) < 4.78 is 33.4. The highest BCUT2D eigenvalue weighted by atomic mass is 32.2. The third-order valence-electron chi connectivity index (χ3n) is 5.23. The van der Waals surface area contributed by atoms with Crippen LogP contribution in [0.15, 0.2) is 50.8 Å². The minimum atomic E-state index is -3.73. The molecule has 0 fully saturated rings. The van der Waals surface area contributed by atoms with E-state index in [2.05, 4.69) is 10.2 Å². The van der Waals surface area contributed by atoms with Crippen molar-refractivity contribution in [3.63, 3.8) is 0 Å². The van der Waals surface area contributed by atoms with Crippen molar-refractivity contribution in [2.75, 3.05) is 32.7 Å². The molecule has 31 heavy (non-hydrogen) atoms. The van der Waals surface area contributed by atoms with E-state index in [1.165, 1.54) is 22.6 Å². The molecule has 1 unspecified atom stereocenters. The van der Waals surface area contributed by atoms with Crippen LogP contribution in [0.1, 0.15) is 39.5 Å². The molecule has 2 rings (SSSR count). The Balaban J connectivity index is 2.15. The molecule has 2 aromatic rings. The maximum absolute atomic E-state index is 12.7. The predicted molar refractivity (Wildman–Crippen MR) is 118 cm³/mol. The molecule has 0 saturated carbocycles. The van der Waals surface area contributed by atoms with Crippen molar-refractivity contribution in [3.8, 4) is 0 Å². The summed E-state index contributed by atoms with van der Waals surface area (Å²) in [7, 11) is -3.73. The molecular weight excluding hydrogens is 420 g/mol. The number of rotatable bonds is 12. The van der Waals surface area contributed by atoms with Gasteiger partial charge >= 0.3 is 0 Å². The quantitative estimate of drug-likeness (QED) is 0.525. The van der Waals surface area contributed by atoms with Crippen molar-refractivity contribution in [1.82, 2.24) is 19.1 Å². The summed E-state index contributed by atoms with van der Waals surface area (Å²) in [5.74, 6) is 0.358. The van der Waals surface area contributed by atoms with Gasteiger partial charge in [-0.25, -0.2) is 8.42 Å². The van der Waals surface area contributed by atoms with Crippen molar-refractivity contribution in [3.05, 3.63) is 52.8 Å². The molecular formula is C21H32N4O5S. The molecule has 0 radical (unpaired) electrons. The van der Waals surface area contributed by atoms with E-state index in [-0.39, 0.29) is 23.4 Å².